The summed E-state index contributed by atoms with van der Waals surface area (Å²) < 4.78 is 0. The SMILES string of the molecule is O=C(/C=C/c1ccc(Cl)c(Cl)c1)NCCCCCN1CCCN(C(=S)Nc2ccc(Cl)c(Cl)c2)CC1. The van der Waals surface area contributed by atoms with Crippen LogP contribution in [-0.2, 0) is 4.79 Å². The van der Waals surface area contributed by atoms with Gasteiger partial charge in [-0.3, -0.25) is 4.79 Å². The third-order valence-electron chi connectivity index (χ3n) is 5.87. The Morgan fingerprint density at radius 1 is 0.889 bits per heavy atom. The predicted molar refractivity (Wildman–Crippen MR) is 158 cm³/mol. The molecular weight excluding hydrogens is 558 g/mol. The Labute approximate surface area is 238 Å². The number of benzene rings is 2. The Hall–Kier alpha value is -1.54. The second-order valence-electron chi connectivity index (χ2n) is 8.60. The monoisotopic (exact) mass is 586 g/mol. The topological polar surface area (TPSA) is 47.6 Å². The number of nitrogens with one attached hydrogen (secondary N) is 2. The number of hydrogen-bond donors (Lipinski definition) is 2. The van der Waals surface area contributed by atoms with Crippen LogP contribution in [0.4, 0.5) is 5.69 Å². The van der Waals surface area contributed by atoms with Crippen LogP contribution in [0.2, 0.25) is 20.1 Å². The standard InChI is InChI=1S/C26H30Cl4N4OS/c27-21-8-5-19(17-23(21)29)6-10-25(35)31-11-2-1-3-12-33-13-4-14-34(16-15-33)26(36)32-20-7-9-22(28)24(30)18-20/h5-10,17-18H,1-4,11-16H2,(H,31,35)(H,32,36)/b10-6+. The lowest BCUT2D eigenvalue weighted by atomic mass is 10.2. The van der Waals surface area contributed by atoms with E-state index in [1.807, 2.05) is 12.1 Å². The predicted octanol–water partition coefficient (Wildman–Crippen LogP) is 7.00. The fourth-order valence-corrected chi connectivity index (χ4v) is 4.77. The summed E-state index contributed by atoms with van der Waals surface area (Å²) >= 11 is 29.6. The summed E-state index contributed by atoms with van der Waals surface area (Å²) in [6.45, 7) is 5.54. The first-order chi connectivity index (χ1) is 17.3. The Kier molecular flexibility index (Phi) is 12.1. The number of carbonyl (C=O) groups is 1. The fourth-order valence-electron chi connectivity index (χ4n) is 3.87. The van der Waals surface area contributed by atoms with Gasteiger partial charge in [0.25, 0.3) is 0 Å². The molecule has 1 fully saturated rings. The van der Waals surface area contributed by atoms with Crippen molar-refractivity contribution >= 4 is 81.4 Å². The number of hydrogen-bond acceptors (Lipinski definition) is 3. The summed E-state index contributed by atoms with van der Waals surface area (Å²) in [6, 6.07) is 10.7. The van der Waals surface area contributed by atoms with Crippen LogP contribution in [-0.4, -0.2) is 60.1 Å². The lowest BCUT2D eigenvalue weighted by Gasteiger charge is -2.25. The maximum atomic E-state index is 12.0. The van der Waals surface area contributed by atoms with E-state index < -0.39 is 0 Å². The summed E-state index contributed by atoms with van der Waals surface area (Å²) in [5.74, 6) is -0.112. The highest BCUT2D eigenvalue weighted by Crippen LogP contribution is 2.25. The lowest BCUT2D eigenvalue weighted by Crippen LogP contribution is -2.38. The van der Waals surface area contributed by atoms with E-state index in [2.05, 4.69) is 20.4 Å². The number of anilines is 1. The van der Waals surface area contributed by atoms with Crippen LogP contribution in [0.5, 0.6) is 0 Å². The Balaban J connectivity index is 1.28. The van der Waals surface area contributed by atoms with Gasteiger partial charge in [-0.25, -0.2) is 0 Å². The van der Waals surface area contributed by atoms with Crippen molar-refractivity contribution in [3.8, 4) is 0 Å². The zero-order valence-electron chi connectivity index (χ0n) is 19.9. The van der Waals surface area contributed by atoms with Gasteiger partial charge in [0.15, 0.2) is 5.11 Å². The zero-order valence-corrected chi connectivity index (χ0v) is 23.8. The number of unbranched alkanes of at least 4 members (excludes halogenated alkanes) is 2. The highest BCUT2D eigenvalue weighted by atomic mass is 35.5. The van der Waals surface area contributed by atoms with Gasteiger partial charge < -0.3 is 20.4 Å². The van der Waals surface area contributed by atoms with Crippen molar-refractivity contribution in [1.29, 1.82) is 0 Å². The van der Waals surface area contributed by atoms with Crippen LogP contribution in [0, 0.1) is 0 Å². The summed E-state index contributed by atoms with van der Waals surface area (Å²) in [6.07, 6.45) is 7.42. The molecule has 3 rings (SSSR count). The molecule has 1 aliphatic rings. The molecule has 5 nitrogen and oxygen atoms in total. The van der Waals surface area contributed by atoms with Crippen molar-refractivity contribution in [2.45, 2.75) is 25.7 Å². The van der Waals surface area contributed by atoms with Gasteiger partial charge in [-0.15, -0.1) is 0 Å². The van der Waals surface area contributed by atoms with Crippen molar-refractivity contribution in [1.82, 2.24) is 15.1 Å². The van der Waals surface area contributed by atoms with E-state index in [1.54, 1.807) is 30.3 Å². The van der Waals surface area contributed by atoms with Gasteiger partial charge in [-0.05, 0) is 86.5 Å². The Morgan fingerprint density at radius 2 is 1.64 bits per heavy atom. The van der Waals surface area contributed by atoms with Crippen LogP contribution in [0.3, 0.4) is 0 Å². The van der Waals surface area contributed by atoms with Crippen molar-refractivity contribution < 1.29 is 4.79 Å². The maximum absolute atomic E-state index is 12.0. The molecule has 10 heteroatoms. The molecule has 0 spiro atoms. The van der Waals surface area contributed by atoms with Gasteiger partial charge in [0, 0.05) is 37.9 Å². The third kappa shape index (κ3) is 9.73. The number of carbonyl (C=O) groups excluding carboxylic acids is 1. The average molecular weight is 588 g/mol. The van der Waals surface area contributed by atoms with Crippen molar-refractivity contribution in [2.75, 3.05) is 44.6 Å². The number of amides is 1. The molecule has 0 unspecified atom stereocenters. The molecule has 0 saturated carbocycles. The average Bonchev–Trinajstić information content (AvgIpc) is 3.10. The number of rotatable bonds is 9. The van der Waals surface area contributed by atoms with E-state index in [9.17, 15) is 4.79 Å². The van der Waals surface area contributed by atoms with E-state index in [0.717, 1.165) is 69.7 Å². The van der Waals surface area contributed by atoms with Crippen LogP contribution in [0.15, 0.2) is 42.5 Å². The van der Waals surface area contributed by atoms with Gasteiger partial charge in [-0.1, -0.05) is 58.9 Å². The number of nitrogens with zero attached hydrogens (tertiary/aromatic N) is 2. The summed E-state index contributed by atoms with van der Waals surface area (Å²) in [7, 11) is 0. The molecule has 2 aromatic carbocycles. The van der Waals surface area contributed by atoms with E-state index in [1.165, 1.54) is 6.08 Å². The van der Waals surface area contributed by atoms with Crippen LogP contribution < -0.4 is 10.6 Å². The molecule has 1 aliphatic heterocycles. The molecule has 2 aromatic rings. The first-order valence-corrected chi connectivity index (χ1v) is 13.9. The van der Waals surface area contributed by atoms with Crippen LogP contribution >= 0.6 is 58.6 Å². The highest BCUT2D eigenvalue weighted by Gasteiger charge is 2.17. The third-order valence-corrected chi connectivity index (χ3v) is 7.71. The molecule has 0 aromatic heterocycles. The minimum Gasteiger partial charge on any atom is -0.353 e. The lowest BCUT2D eigenvalue weighted by molar-refractivity contribution is -0.116. The minimum absolute atomic E-state index is 0.112. The van der Waals surface area contributed by atoms with Gasteiger partial charge in [0.1, 0.15) is 0 Å². The smallest absolute Gasteiger partial charge is 0.243 e. The summed E-state index contributed by atoms with van der Waals surface area (Å²) in [4.78, 5) is 16.7. The second-order valence-corrected chi connectivity index (χ2v) is 10.6. The van der Waals surface area contributed by atoms with Crippen LogP contribution in [0.1, 0.15) is 31.2 Å². The molecule has 0 atom stereocenters. The maximum Gasteiger partial charge on any atom is 0.243 e. The largest absolute Gasteiger partial charge is 0.353 e. The molecule has 0 bridgehead atoms. The van der Waals surface area contributed by atoms with Crippen LogP contribution in [0.25, 0.3) is 6.08 Å². The normalized spacial score (nSPS) is 14.6. The van der Waals surface area contributed by atoms with Crippen molar-refractivity contribution in [3.63, 3.8) is 0 Å². The van der Waals surface area contributed by atoms with Crippen molar-refractivity contribution in [3.05, 3.63) is 68.1 Å². The van der Waals surface area contributed by atoms with E-state index >= 15 is 0 Å². The minimum atomic E-state index is -0.112. The van der Waals surface area contributed by atoms with E-state index in [4.69, 9.17) is 58.6 Å². The van der Waals surface area contributed by atoms with Gasteiger partial charge in [0.05, 0.1) is 20.1 Å². The first kappa shape index (κ1) is 29.0. The molecule has 0 aliphatic carbocycles. The Bertz CT molecular complexity index is 1080. The summed E-state index contributed by atoms with van der Waals surface area (Å²) in [5, 5.41) is 8.90. The summed E-state index contributed by atoms with van der Waals surface area (Å²) in [5.41, 5.74) is 1.67. The molecule has 1 heterocycles. The molecule has 1 saturated heterocycles. The zero-order chi connectivity index (χ0) is 25.9. The van der Waals surface area contributed by atoms with Gasteiger partial charge >= 0.3 is 0 Å². The van der Waals surface area contributed by atoms with Crippen molar-refractivity contribution in [2.24, 2.45) is 0 Å². The van der Waals surface area contributed by atoms with E-state index in [0.29, 0.717) is 31.7 Å². The van der Waals surface area contributed by atoms with Gasteiger partial charge in [0.2, 0.25) is 5.91 Å². The molecule has 1 amide bonds. The molecule has 36 heavy (non-hydrogen) atoms. The fraction of sp³-hybridized carbons (Fsp3) is 0.385. The number of thiocarbonyl (C=S) groups is 1. The highest BCUT2D eigenvalue weighted by molar-refractivity contribution is 7.80. The quantitative estimate of drug-likeness (QED) is 0.188. The van der Waals surface area contributed by atoms with E-state index in [-0.39, 0.29) is 5.91 Å². The molecule has 0 radical (unpaired) electrons. The molecule has 194 valence electrons. The second kappa shape index (κ2) is 15.0. The number of halogens is 4. The Morgan fingerprint density at radius 3 is 2.39 bits per heavy atom. The first-order valence-electron chi connectivity index (χ1n) is 12.0. The molecule has 2 N–H and O–H groups in total. The van der Waals surface area contributed by atoms with Gasteiger partial charge in [-0.2, -0.15) is 0 Å². The molecular formula is C26H30Cl4N4OS.